The topological polar surface area (TPSA) is 162 Å². The summed E-state index contributed by atoms with van der Waals surface area (Å²) < 4.78 is 0. The number of amides is 4. The SMILES string of the molecule is CC(C)[C@H](NC(=O)CCc1ccccn1)C(=O)N[C@@H](Cc1ccccc1)C(O)[C@H](Cc1ccccc1)NC(=O)[C@H](NC(=O)CCc1ccccn1)C(C)C. The molecule has 2 aromatic heterocycles. The molecule has 0 radical (unpaired) electrons. The highest BCUT2D eigenvalue weighted by atomic mass is 16.3. The first-order valence-corrected chi connectivity index (χ1v) is 18.7. The van der Waals surface area contributed by atoms with Gasteiger partial charge >= 0.3 is 0 Å². The van der Waals surface area contributed by atoms with Crippen molar-refractivity contribution in [3.05, 3.63) is 132 Å². The lowest BCUT2D eigenvalue weighted by atomic mass is 9.91. The first-order chi connectivity index (χ1) is 26.0. The van der Waals surface area contributed by atoms with Crippen molar-refractivity contribution in [2.75, 3.05) is 0 Å². The predicted molar refractivity (Wildman–Crippen MR) is 209 cm³/mol. The zero-order chi connectivity index (χ0) is 38.9. The maximum absolute atomic E-state index is 14.0. The third-order valence-corrected chi connectivity index (χ3v) is 9.28. The van der Waals surface area contributed by atoms with Gasteiger partial charge < -0.3 is 26.4 Å². The molecule has 0 saturated carbocycles. The van der Waals surface area contributed by atoms with Gasteiger partial charge in [-0.15, -0.1) is 0 Å². The quantitative estimate of drug-likeness (QED) is 0.0912. The minimum atomic E-state index is -1.27. The number of rotatable bonds is 20. The van der Waals surface area contributed by atoms with Gasteiger partial charge in [-0.05, 0) is 72.9 Å². The van der Waals surface area contributed by atoms with Crippen molar-refractivity contribution in [2.24, 2.45) is 11.8 Å². The van der Waals surface area contributed by atoms with Gasteiger partial charge in [0.25, 0.3) is 0 Å². The van der Waals surface area contributed by atoms with Crippen LogP contribution < -0.4 is 21.3 Å². The largest absolute Gasteiger partial charge is 0.389 e. The van der Waals surface area contributed by atoms with E-state index in [1.165, 1.54) is 0 Å². The standard InChI is InChI=1S/C43H54N6O5/c1-29(2)39(48-37(50)23-21-33-19-11-13-25-44-33)42(53)46-35(27-31-15-7-5-8-16-31)41(52)36(28-32-17-9-6-10-18-32)47-43(54)40(30(3)4)49-38(51)24-22-34-20-12-14-26-45-34/h5-20,25-26,29-30,35-36,39-41,52H,21-24,27-28H2,1-4H3,(H,46,53)(H,47,54)(H,48,50)(H,49,51)/t35-,36-,39-,40+,41?/m0/s1. The molecule has 0 aliphatic carbocycles. The molecule has 286 valence electrons. The van der Waals surface area contributed by atoms with E-state index < -0.39 is 42.1 Å². The van der Waals surface area contributed by atoms with Crippen LogP contribution in [0.25, 0.3) is 0 Å². The number of aromatic nitrogens is 2. The van der Waals surface area contributed by atoms with Crippen molar-refractivity contribution in [1.82, 2.24) is 31.2 Å². The molecule has 5 atom stereocenters. The molecule has 11 nitrogen and oxygen atoms in total. The van der Waals surface area contributed by atoms with Crippen molar-refractivity contribution in [2.45, 2.75) is 96.5 Å². The lowest BCUT2D eigenvalue weighted by molar-refractivity contribution is -0.132. The van der Waals surface area contributed by atoms with Crippen LogP contribution in [0.3, 0.4) is 0 Å². The molecular weight excluding hydrogens is 681 g/mol. The van der Waals surface area contributed by atoms with Gasteiger partial charge in [-0.3, -0.25) is 29.1 Å². The monoisotopic (exact) mass is 734 g/mol. The number of hydrogen-bond donors (Lipinski definition) is 5. The Bertz CT molecular complexity index is 1610. The lowest BCUT2D eigenvalue weighted by Gasteiger charge is -2.34. The molecule has 0 saturated heterocycles. The van der Waals surface area contributed by atoms with Crippen LogP contribution in [0.4, 0.5) is 0 Å². The van der Waals surface area contributed by atoms with Crippen molar-refractivity contribution in [1.29, 1.82) is 0 Å². The lowest BCUT2D eigenvalue weighted by Crippen LogP contribution is -2.61. The van der Waals surface area contributed by atoms with E-state index in [-0.39, 0.29) is 49.3 Å². The Kier molecular flexibility index (Phi) is 16.3. The van der Waals surface area contributed by atoms with Gasteiger partial charge in [0.2, 0.25) is 23.6 Å². The zero-order valence-electron chi connectivity index (χ0n) is 31.7. The summed E-state index contributed by atoms with van der Waals surface area (Å²) in [6.45, 7) is 7.39. The molecule has 4 amide bonds. The van der Waals surface area contributed by atoms with E-state index in [0.29, 0.717) is 12.8 Å². The number of hydrogen-bond acceptors (Lipinski definition) is 7. The fourth-order valence-electron chi connectivity index (χ4n) is 6.21. The summed E-state index contributed by atoms with van der Waals surface area (Å²) in [7, 11) is 0. The van der Waals surface area contributed by atoms with E-state index >= 15 is 0 Å². The van der Waals surface area contributed by atoms with Crippen LogP contribution in [0.2, 0.25) is 0 Å². The number of nitrogens with one attached hydrogen (secondary N) is 4. The summed E-state index contributed by atoms with van der Waals surface area (Å²) in [6, 6.07) is 26.5. The van der Waals surface area contributed by atoms with Gasteiger partial charge in [0.15, 0.2) is 0 Å². The number of pyridine rings is 2. The second-order valence-corrected chi connectivity index (χ2v) is 14.3. The molecule has 0 aliphatic rings. The van der Waals surface area contributed by atoms with Crippen LogP contribution in [0.5, 0.6) is 0 Å². The molecule has 1 unspecified atom stereocenters. The molecule has 54 heavy (non-hydrogen) atoms. The summed E-state index contributed by atoms with van der Waals surface area (Å²) >= 11 is 0. The Morgan fingerprint density at radius 1 is 0.537 bits per heavy atom. The molecule has 11 heteroatoms. The van der Waals surface area contributed by atoms with Crippen LogP contribution >= 0.6 is 0 Å². The number of aliphatic hydroxyl groups is 1. The number of benzene rings is 2. The van der Waals surface area contributed by atoms with E-state index in [2.05, 4.69) is 31.2 Å². The van der Waals surface area contributed by atoms with Gasteiger partial charge in [0.1, 0.15) is 12.1 Å². The molecule has 2 aromatic carbocycles. The van der Waals surface area contributed by atoms with Crippen molar-refractivity contribution < 1.29 is 24.3 Å². The van der Waals surface area contributed by atoms with E-state index in [0.717, 1.165) is 22.5 Å². The normalized spacial score (nSPS) is 14.0. The second-order valence-electron chi connectivity index (χ2n) is 14.3. The number of aliphatic hydroxyl groups excluding tert-OH is 1. The number of carbonyl (C=O) groups is 4. The summed E-state index contributed by atoms with van der Waals surface area (Å²) in [5.74, 6) is -1.98. The van der Waals surface area contributed by atoms with Gasteiger partial charge in [-0.2, -0.15) is 0 Å². The molecule has 0 spiro atoms. The highest BCUT2D eigenvalue weighted by Gasteiger charge is 2.35. The van der Waals surface area contributed by atoms with Gasteiger partial charge in [-0.25, -0.2) is 0 Å². The van der Waals surface area contributed by atoms with Crippen LogP contribution in [-0.4, -0.2) is 69.0 Å². The van der Waals surface area contributed by atoms with Crippen molar-refractivity contribution in [3.8, 4) is 0 Å². The van der Waals surface area contributed by atoms with Crippen molar-refractivity contribution >= 4 is 23.6 Å². The Balaban J connectivity index is 1.54. The van der Waals surface area contributed by atoms with Gasteiger partial charge in [0, 0.05) is 36.6 Å². The zero-order valence-corrected chi connectivity index (χ0v) is 31.7. The minimum absolute atomic E-state index is 0.158. The molecule has 2 heterocycles. The maximum Gasteiger partial charge on any atom is 0.243 e. The van der Waals surface area contributed by atoms with E-state index in [1.807, 2.05) is 125 Å². The Hall–Kier alpha value is -5.42. The molecule has 4 rings (SSSR count). The van der Waals surface area contributed by atoms with Crippen LogP contribution in [0.15, 0.2) is 109 Å². The molecule has 0 aliphatic heterocycles. The van der Waals surface area contributed by atoms with E-state index in [9.17, 15) is 24.3 Å². The average molecular weight is 735 g/mol. The number of carbonyl (C=O) groups excluding carboxylic acids is 4. The first kappa shape index (κ1) is 41.3. The molecule has 5 N–H and O–H groups in total. The van der Waals surface area contributed by atoms with Crippen LogP contribution in [0.1, 0.15) is 63.1 Å². The van der Waals surface area contributed by atoms with Crippen LogP contribution in [0, 0.1) is 11.8 Å². The summed E-state index contributed by atoms with van der Waals surface area (Å²) in [4.78, 5) is 62.6. The molecule has 0 fully saturated rings. The van der Waals surface area contributed by atoms with Crippen molar-refractivity contribution in [3.63, 3.8) is 0 Å². The Labute approximate surface area is 318 Å². The fraction of sp³-hybridized carbons (Fsp3) is 0.395. The highest BCUT2D eigenvalue weighted by molar-refractivity contribution is 5.89. The fourth-order valence-corrected chi connectivity index (χ4v) is 6.21. The average Bonchev–Trinajstić information content (AvgIpc) is 3.17. The number of aryl methyl sites for hydroxylation is 2. The Morgan fingerprint density at radius 2 is 0.907 bits per heavy atom. The third kappa shape index (κ3) is 13.5. The van der Waals surface area contributed by atoms with E-state index in [4.69, 9.17) is 0 Å². The van der Waals surface area contributed by atoms with Crippen LogP contribution in [-0.2, 0) is 44.9 Å². The summed E-state index contributed by atoms with van der Waals surface area (Å²) in [6.07, 6.45) is 3.77. The third-order valence-electron chi connectivity index (χ3n) is 9.28. The maximum atomic E-state index is 14.0. The highest BCUT2D eigenvalue weighted by Crippen LogP contribution is 2.16. The minimum Gasteiger partial charge on any atom is -0.389 e. The first-order valence-electron chi connectivity index (χ1n) is 18.7. The number of nitrogens with zero attached hydrogens (tertiary/aromatic N) is 2. The van der Waals surface area contributed by atoms with E-state index in [1.54, 1.807) is 12.4 Å². The second kappa shape index (κ2) is 21.3. The predicted octanol–water partition coefficient (Wildman–Crippen LogP) is 4.14. The Morgan fingerprint density at radius 3 is 1.24 bits per heavy atom. The van der Waals surface area contributed by atoms with Gasteiger partial charge in [-0.1, -0.05) is 100 Å². The summed E-state index contributed by atoms with van der Waals surface area (Å²) in [5, 5.41) is 24.0. The molecule has 4 aromatic rings. The molecule has 0 bridgehead atoms. The molecular formula is C43H54N6O5. The van der Waals surface area contributed by atoms with Gasteiger partial charge in [0.05, 0.1) is 18.2 Å². The smallest absolute Gasteiger partial charge is 0.243 e. The summed E-state index contributed by atoms with van der Waals surface area (Å²) in [5.41, 5.74) is 3.29.